The van der Waals surface area contributed by atoms with Gasteiger partial charge in [-0.05, 0) is 100 Å². The maximum absolute atomic E-state index is 12.4. The van der Waals surface area contributed by atoms with Crippen LogP contribution in [0.3, 0.4) is 0 Å². The molecule has 0 saturated carbocycles. The molecule has 3 aromatic rings. The molecule has 0 unspecified atom stereocenters. The zero-order valence-electron chi connectivity index (χ0n) is 18.2. The van der Waals surface area contributed by atoms with Gasteiger partial charge in [-0.1, -0.05) is 29.8 Å². The number of ether oxygens (including phenoxy) is 2. The Morgan fingerprint density at radius 1 is 1.09 bits per heavy atom. The number of hydrogen-bond donors (Lipinski definition) is 0. The summed E-state index contributed by atoms with van der Waals surface area (Å²) in [5.41, 5.74) is 4.18. The molecule has 0 bridgehead atoms. The highest BCUT2D eigenvalue weighted by Crippen LogP contribution is 2.31. The third-order valence-electron chi connectivity index (χ3n) is 5.05. The molecule has 0 amide bonds. The Kier molecular flexibility index (Phi) is 7.31. The Hall–Kier alpha value is -2.80. The summed E-state index contributed by atoms with van der Waals surface area (Å²) in [6, 6.07) is 16.5. The lowest BCUT2D eigenvalue weighted by atomic mass is 10.1. The van der Waals surface area contributed by atoms with Crippen LogP contribution in [0, 0.1) is 31.1 Å². The van der Waals surface area contributed by atoms with Gasteiger partial charge < -0.3 is 9.47 Å². The lowest BCUT2D eigenvalue weighted by Crippen LogP contribution is -2.06. The quantitative estimate of drug-likeness (QED) is 0.0997. The number of rotatable bonds is 6. The lowest BCUT2D eigenvalue weighted by Gasteiger charge is -2.12. The summed E-state index contributed by atoms with van der Waals surface area (Å²) >= 11 is 4.42. The number of cyclic esters (lactones) is 1. The first-order chi connectivity index (χ1) is 16.2. The molecule has 0 N–H and O–H groups in total. The molecule has 0 saturated heterocycles. The standard InChI is InChI=1S/C25H18I2N2O5/c1-14-4-3-5-16(8-14)13-33-23-19(26)10-17(11-20(23)27)12-21-25(30)34-24(28-21)18-6-7-22(29(31)32)15(2)9-18/h3-12H,13H2,1-2H3/b21-12-. The fraction of sp³-hybridized carbons (Fsp3) is 0.120. The number of benzene rings is 3. The summed E-state index contributed by atoms with van der Waals surface area (Å²) in [5, 5.41) is 11.0. The van der Waals surface area contributed by atoms with Crippen molar-refractivity contribution in [3.8, 4) is 5.75 Å². The van der Waals surface area contributed by atoms with Crippen molar-refractivity contribution in [2.45, 2.75) is 20.5 Å². The van der Waals surface area contributed by atoms with Gasteiger partial charge in [-0.3, -0.25) is 10.1 Å². The number of aryl methyl sites for hydroxylation is 2. The molecule has 0 atom stereocenters. The number of nitro groups is 1. The minimum absolute atomic E-state index is 0.00158. The van der Waals surface area contributed by atoms with Gasteiger partial charge in [0.2, 0.25) is 5.90 Å². The Labute approximate surface area is 223 Å². The van der Waals surface area contributed by atoms with E-state index in [1.54, 1.807) is 19.1 Å². The van der Waals surface area contributed by atoms with Crippen LogP contribution < -0.4 is 4.74 Å². The molecule has 1 aliphatic heterocycles. The fourth-order valence-corrected chi connectivity index (χ4v) is 5.57. The minimum Gasteiger partial charge on any atom is -0.487 e. The number of carbonyl (C=O) groups excluding carboxylic acids is 1. The van der Waals surface area contributed by atoms with Gasteiger partial charge in [0.15, 0.2) is 5.70 Å². The van der Waals surface area contributed by atoms with E-state index in [0.29, 0.717) is 17.7 Å². The van der Waals surface area contributed by atoms with E-state index in [0.717, 1.165) is 24.0 Å². The van der Waals surface area contributed by atoms with Gasteiger partial charge in [0.05, 0.1) is 12.1 Å². The molecule has 9 heteroatoms. The van der Waals surface area contributed by atoms with Gasteiger partial charge in [0.1, 0.15) is 12.4 Å². The first-order valence-electron chi connectivity index (χ1n) is 10.2. The van der Waals surface area contributed by atoms with E-state index in [9.17, 15) is 14.9 Å². The lowest BCUT2D eigenvalue weighted by molar-refractivity contribution is -0.385. The SMILES string of the molecule is Cc1cccc(COc2c(I)cc(/C=C3\N=C(c4ccc([N+](=O)[O-])c(C)c4)OC3=O)cc2I)c1. The van der Waals surface area contributed by atoms with Crippen molar-refractivity contribution >= 4 is 68.8 Å². The van der Waals surface area contributed by atoms with E-state index in [1.807, 2.05) is 37.3 Å². The van der Waals surface area contributed by atoms with Crippen molar-refractivity contribution < 1.29 is 19.2 Å². The highest BCUT2D eigenvalue weighted by atomic mass is 127. The van der Waals surface area contributed by atoms with Crippen LogP contribution in [-0.2, 0) is 16.1 Å². The van der Waals surface area contributed by atoms with Crippen molar-refractivity contribution in [1.82, 2.24) is 0 Å². The normalized spacial score (nSPS) is 14.2. The van der Waals surface area contributed by atoms with E-state index in [4.69, 9.17) is 9.47 Å². The van der Waals surface area contributed by atoms with E-state index in [1.165, 1.54) is 17.7 Å². The minimum atomic E-state index is -0.573. The fourth-order valence-electron chi connectivity index (χ4n) is 3.44. The molecule has 4 rings (SSSR count). The van der Waals surface area contributed by atoms with Gasteiger partial charge in [-0.15, -0.1) is 0 Å². The molecule has 1 heterocycles. The molecule has 0 aliphatic carbocycles. The highest BCUT2D eigenvalue weighted by molar-refractivity contribution is 14.1. The van der Waals surface area contributed by atoms with Crippen LogP contribution in [-0.4, -0.2) is 16.8 Å². The van der Waals surface area contributed by atoms with Crippen molar-refractivity contribution in [1.29, 1.82) is 0 Å². The number of nitrogens with zero attached hydrogens (tertiary/aromatic N) is 2. The number of hydrogen-bond acceptors (Lipinski definition) is 6. The maximum atomic E-state index is 12.4. The average Bonchev–Trinajstić information content (AvgIpc) is 3.13. The zero-order valence-corrected chi connectivity index (χ0v) is 22.5. The molecular formula is C25H18I2N2O5. The monoisotopic (exact) mass is 680 g/mol. The van der Waals surface area contributed by atoms with Crippen LogP contribution in [0.4, 0.5) is 5.69 Å². The summed E-state index contributed by atoms with van der Waals surface area (Å²) in [6.07, 6.45) is 1.65. The molecule has 0 spiro atoms. The summed E-state index contributed by atoms with van der Waals surface area (Å²) in [4.78, 5) is 27.3. The highest BCUT2D eigenvalue weighted by Gasteiger charge is 2.25. The van der Waals surface area contributed by atoms with Crippen LogP contribution in [0.2, 0.25) is 0 Å². The van der Waals surface area contributed by atoms with Crippen LogP contribution in [0.15, 0.2) is 65.3 Å². The van der Waals surface area contributed by atoms with Gasteiger partial charge in [-0.25, -0.2) is 9.79 Å². The van der Waals surface area contributed by atoms with E-state index >= 15 is 0 Å². The Balaban J connectivity index is 1.56. The molecule has 7 nitrogen and oxygen atoms in total. The van der Waals surface area contributed by atoms with Gasteiger partial charge in [0.25, 0.3) is 5.69 Å². The number of halogens is 2. The zero-order chi connectivity index (χ0) is 24.4. The van der Waals surface area contributed by atoms with E-state index < -0.39 is 10.9 Å². The molecule has 3 aromatic carbocycles. The smallest absolute Gasteiger partial charge is 0.363 e. The summed E-state index contributed by atoms with van der Waals surface area (Å²) < 4.78 is 13.2. The molecule has 1 aliphatic rings. The predicted octanol–water partition coefficient (Wildman–Crippen LogP) is 6.34. The maximum Gasteiger partial charge on any atom is 0.363 e. The van der Waals surface area contributed by atoms with E-state index in [-0.39, 0.29) is 17.3 Å². The van der Waals surface area contributed by atoms with Gasteiger partial charge in [0, 0.05) is 17.2 Å². The van der Waals surface area contributed by atoms with Crippen molar-refractivity contribution in [2.75, 3.05) is 0 Å². The Bertz CT molecular complexity index is 1360. The number of nitro benzene ring substituents is 1. The summed E-state index contributed by atoms with van der Waals surface area (Å²) in [6.45, 7) is 4.13. The molecule has 0 radical (unpaired) electrons. The topological polar surface area (TPSA) is 91.0 Å². The number of aliphatic imine (C=N–C) groups is 1. The van der Waals surface area contributed by atoms with Crippen LogP contribution in [0.25, 0.3) is 6.08 Å². The van der Waals surface area contributed by atoms with Crippen LogP contribution in [0.1, 0.15) is 27.8 Å². The second-order valence-corrected chi connectivity index (χ2v) is 10.0. The third-order valence-corrected chi connectivity index (χ3v) is 6.65. The average molecular weight is 680 g/mol. The summed E-state index contributed by atoms with van der Waals surface area (Å²) in [7, 11) is 0. The summed E-state index contributed by atoms with van der Waals surface area (Å²) in [5.74, 6) is 0.331. The molecule has 172 valence electrons. The second-order valence-electron chi connectivity index (χ2n) is 7.69. The Morgan fingerprint density at radius 2 is 1.82 bits per heavy atom. The predicted molar refractivity (Wildman–Crippen MR) is 146 cm³/mol. The van der Waals surface area contributed by atoms with Crippen molar-refractivity contribution in [3.63, 3.8) is 0 Å². The van der Waals surface area contributed by atoms with Crippen LogP contribution in [0.5, 0.6) is 5.75 Å². The third kappa shape index (κ3) is 5.46. The molecule has 34 heavy (non-hydrogen) atoms. The number of esters is 1. The molecule has 0 fully saturated rings. The first kappa shape index (κ1) is 24.3. The first-order valence-corrected chi connectivity index (χ1v) is 12.3. The largest absolute Gasteiger partial charge is 0.487 e. The molecule has 0 aromatic heterocycles. The van der Waals surface area contributed by atoms with Gasteiger partial charge in [-0.2, -0.15) is 0 Å². The van der Waals surface area contributed by atoms with E-state index in [2.05, 4.69) is 56.2 Å². The van der Waals surface area contributed by atoms with Gasteiger partial charge >= 0.3 is 5.97 Å². The van der Waals surface area contributed by atoms with Crippen molar-refractivity contribution in [2.24, 2.45) is 4.99 Å². The molecular weight excluding hydrogens is 662 g/mol. The second kappa shape index (κ2) is 10.2. The van der Waals surface area contributed by atoms with Crippen molar-refractivity contribution in [3.05, 3.63) is 105 Å². The Morgan fingerprint density at radius 3 is 2.47 bits per heavy atom. The number of carbonyl (C=O) groups is 1. The van der Waals surface area contributed by atoms with Crippen LogP contribution >= 0.6 is 45.2 Å².